The quantitative estimate of drug-likeness (QED) is 0.377. The van der Waals surface area contributed by atoms with Gasteiger partial charge < -0.3 is 24.8 Å². The monoisotopic (exact) mass is 390 g/mol. The molecule has 0 spiro atoms. The van der Waals surface area contributed by atoms with E-state index < -0.39 is 0 Å². The molecule has 28 heavy (non-hydrogen) atoms. The van der Waals surface area contributed by atoms with E-state index in [4.69, 9.17) is 14.2 Å². The summed E-state index contributed by atoms with van der Waals surface area (Å²) in [5.41, 5.74) is 2.65. The third kappa shape index (κ3) is 7.05. The van der Waals surface area contributed by atoms with E-state index in [1.807, 2.05) is 0 Å². The maximum absolute atomic E-state index is 5.69. The van der Waals surface area contributed by atoms with Crippen molar-refractivity contribution >= 4 is 5.96 Å². The summed E-state index contributed by atoms with van der Waals surface area (Å²) in [7, 11) is 1.79. The maximum atomic E-state index is 5.69. The first-order chi connectivity index (χ1) is 13.8. The van der Waals surface area contributed by atoms with Crippen LogP contribution in [0.4, 0.5) is 0 Å². The molecule has 2 aliphatic heterocycles. The van der Waals surface area contributed by atoms with Gasteiger partial charge in [-0.25, -0.2) is 0 Å². The van der Waals surface area contributed by atoms with Gasteiger partial charge in [0.05, 0.1) is 32.5 Å². The van der Waals surface area contributed by atoms with Gasteiger partial charge in [-0.05, 0) is 24.0 Å². The molecule has 2 N–H and O–H groups in total. The van der Waals surface area contributed by atoms with Crippen molar-refractivity contribution < 1.29 is 14.2 Å². The van der Waals surface area contributed by atoms with E-state index in [0.29, 0.717) is 13.2 Å². The van der Waals surface area contributed by atoms with Crippen LogP contribution in [0.15, 0.2) is 29.3 Å². The average Bonchev–Trinajstić information content (AvgIpc) is 3.25. The van der Waals surface area contributed by atoms with Gasteiger partial charge in [0.15, 0.2) is 5.96 Å². The molecular weight excluding hydrogens is 356 g/mol. The van der Waals surface area contributed by atoms with Gasteiger partial charge in [-0.2, -0.15) is 0 Å². The van der Waals surface area contributed by atoms with Crippen LogP contribution in [0.25, 0.3) is 0 Å². The maximum Gasteiger partial charge on any atom is 0.191 e. The van der Waals surface area contributed by atoms with Gasteiger partial charge in [0, 0.05) is 46.4 Å². The van der Waals surface area contributed by atoms with Crippen molar-refractivity contribution in [3.05, 3.63) is 35.4 Å². The van der Waals surface area contributed by atoms with E-state index in [-0.39, 0.29) is 6.10 Å². The molecule has 0 amide bonds. The average molecular weight is 391 g/mol. The highest BCUT2D eigenvalue weighted by molar-refractivity contribution is 5.79. The van der Waals surface area contributed by atoms with E-state index in [1.54, 1.807) is 7.05 Å². The zero-order valence-electron chi connectivity index (χ0n) is 17.0. The molecule has 7 heteroatoms. The summed E-state index contributed by atoms with van der Waals surface area (Å²) in [6.07, 6.45) is 2.54. The number of ether oxygens (including phenoxy) is 3. The zero-order valence-corrected chi connectivity index (χ0v) is 17.0. The summed E-state index contributed by atoms with van der Waals surface area (Å²) in [6, 6.07) is 8.59. The lowest BCUT2D eigenvalue weighted by molar-refractivity contribution is 0.0191. The van der Waals surface area contributed by atoms with E-state index in [2.05, 4.69) is 44.8 Å². The molecule has 7 nitrogen and oxygen atoms in total. The van der Waals surface area contributed by atoms with Crippen molar-refractivity contribution in [2.75, 3.05) is 59.7 Å². The first-order valence-electron chi connectivity index (χ1n) is 10.4. The predicted molar refractivity (Wildman–Crippen MR) is 111 cm³/mol. The van der Waals surface area contributed by atoms with Crippen molar-refractivity contribution in [3.63, 3.8) is 0 Å². The molecule has 2 saturated heterocycles. The number of aliphatic imine (C=N–C) groups is 1. The van der Waals surface area contributed by atoms with Crippen molar-refractivity contribution in [2.24, 2.45) is 4.99 Å². The minimum absolute atomic E-state index is 0.278. The summed E-state index contributed by atoms with van der Waals surface area (Å²) in [4.78, 5) is 6.76. The zero-order chi connectivity index (χ0) is 19.4. The minimum Gasteiger partial charge on any atom is -0.379 e. The fourth-order valence-corrected chi connectivity index (χ4v) is 3.52. The van der Waals surface area contributed by atoms with Gasteiger partial charge in [0.25, 0.3) is 0 Å². The van der Waals surface area contributed by atoms with Crippen LogP contribution in [0, 0.1) is 0 Å². The number of hydrogen-bond acceptors (Lipinski definition) is 5. The number of rotatable bonds is 9. The number of hydrogen-bond donors (Lipinski definition) is 2. The van der Waals surface area contributed by atoms with Gasteiger partial charge in [-0.15, -0.1) is 0 Å². The smallest absolute Gasteiger partial charge is 0.191 e. The molecular formula is C21H34N4O3. The highest BCUT2D eigenvalue weighted by Gasteiger charge is 2.15. The van der Waals surface area contributed by atoms with Crippen molar-refractivity contribution in [3.8, 4) is 0 Å². The molecule has 2 fully saturated rings. The van der Waals surface area contributed by atoms with Crippen molar-refractivity contribution in [2.45, 2.75) is 32.0 Å². The second-order valence-electron chi connectivity index (χ2n) is 7.22. The third-order valence-corrected chi connectivity index (χ3v) is 5.15. The van der Waals surface area contributed by atoms with Crippen LogP contribution >= 0.6 is 0 Å². The molecule has 1 aromatic carbocycles. The molecule has 0 aliphatic carbocycles. The van der Waals surface area contributed by atoms with E-state index in [1.165, 1.54) is 11.1 Å². The van der Waals surface area contributed by atoms with E-state index in [0.717, 1.165) is 71.3 Å². The molecule has 0 radical (unpaired) electrons. The standard InChI is InChI=1S/C21H34N4O3/c1-22-21(23-8-12-27-17-20-7-4-11-28-20)24-15-18-5-2-3-6-19(18)16-25-9-13-26-14-10-25/h2-3,5-6,20H,4,7-17H2,1H3,(H2,22,23,24). The second-order valence-corrected chi connectivity index (χ2v) is 7.22. The first-order valence-corrected chi connectivity index (χ1v) is 10.4. The number of guanidine groups is 1. The summed E-state index contributed by atoms with van der Waals surface area (Å²) < 4.78 is 16.7. The molecule has 1 aromatic rings. The molecule has 2 heterocycles. The highest BCUT2D eigenvalue weighted by atomic mass is 16.5. The molecule has 2 aliphatic rings. The molecule has 1 unspecified atom stereocenters. The number of nitrogens with zero attached hydrogens (tertiary/aromatic N) is 2. The first kappa shape index (κ1) is 21.0. The van der Waals surface area contributed by atoms with E-state index in [9.17, 15) is 0 Å². The van der Waals surface area contributed by atoms with Gasteiger partial charge in [-0.1, -0.05) is 24.3 Å². The Morgan fingerprint density at radius 1 is 1.18 bits per heavy atom. The Bertz CT molecular complexity index is 599. The summed E-state index contributed by atoms with van der Waals surface area (Å²) >= 11 is 0. The minimum atomic E-state index is 0.278. The van der Waals surface area contributed by atoms with Crippen molar-refractivity contribution in [1.82, 2.24) is 15.5 Å². The van der Waals surface area contributed by atoms with Gasteiger partial charge in [0.1, 0.15) is 0 Å². The predicted octanol–water partition coefficient (Wildman–Crippen LogP) is 1.38. The third-order valence-electron chi connectivity index (χ3n) is 5.15. The number of benzene rings is 1. The Kier molecular flexibility index (Phi) is 9.03. The van der Waals surface area contributed by atoms with Crippen LogP contribution in [0.5, 0.6) is 0 Å². The normalized spacial score (nSPS) is 21.0. The summed E-state index contributed by atoms with van der Waals surface area (Å²) in [5.74, 6) is 0.793. The van der Waals surface area contributed by atoms with Crippen LogP contribution in [0.3, 0.4) is 0 Å². The van der Waals surface area contributed by atoms with Gasteiger partial charge in [-0.3, -0.25) is 9.89 Å². The van der Waals surface area contributed by atoms with Crippen molar-refractivity contribution in [1.29, 1.82) is 0 Å². The fourth-order valence-electron chi connectivity index (χ4n) is 3.52. The number of nitrogens with one attached hydrogen (secondary N) is 2. The van der Waals surface area contributed by atoms with Crippen LogP contribution in [0.2, 0.25) is 0 Å². The molecule has 0 saturated carbocycles. The van der Waals surface area contributed by atoms with E-state index >= 15 is 0 Å². The largest absolute Gasteiger partial charge is 0.379 e. The van der Waals surface area contributed by atoms with Gasteiger partial charge in [0.2, 0.25) is 0 Å². The Hall–Kier alpha value is -1.67. The fraction of sp³-hybridized carbons (Fsp3) is 0.667. The number of morpholine rings is 1. The Balaban J connectivity index is 1.38. The van der Waals surface area contributed by atoms with Crippen LogP contribution in [-0.2, 0) is 27.3 Å². The Morgan fingerprint density at radius 2 is 2.00 bits per heavy atom. The second kappa shape index (κ2) is 12.0. The summed E-state index contributed by atoms with van der Waals surface area (Å²) in [6.45, 7) is 8.28. The summed E-state index contributed by atoms with van der Waals surface area (Å²) in [5, 5.41) is 6.72. The molecule has 156 valence electrons. The Morgan fingerprint density at radius 3 is 2.75 bits per heavy atom. The van der Waals surface area contributed by atoms with Crippen LogP contribution < -0.4 is 10.6 Å². The SMILES string of the molecule is CN=C(NCCOCC1CCCO1)NCc1ccccc1CN1CCOCC1. The molecule has 0 bridgehead atoms. The van der Waals surface area contributed by atoms with Crippen LogP contribution in [-0.4, -0.2) is 76.7 Å². The lowest BCUT2D eigenvalue weighted by Gasteiger charge is -2.27. The molecule has 0 aromatic heterocycles. The van der Waals surface area contributed by atoms with Crippen LogP contribution in [0.1, 0.15) is 24.0 Å². The Labute approximate surface area is 168 Å². The van der Waals surface area contributed by atoms with Gasteiger partial charge >= 0.3 is 0 Å². The highest BCUT2D eigenvalue weighted by Crippen LogP contribution is 2.13. The molecule has 1 atom stereocenters. The lowest BCUT2D eigenvalue weighted by atomic mass is 10.1. The molecule has 3 rings (SSSR count). The topological polar surface area (TPSA) is 67.4 Å². The lowest BCUT2D eigenvalue weighted by Crippen LogP contribution is -2.39.